The first-order chi connectivity index (χ1) is 10.4. The van der Waals surface area contributed by atoms with E-state index >= 15 is 0 Å². The van der Waals surface area contributed by atoms with Gasteiger partial charge >= 0.3 is 11.8 Å². The number of rotatable bonds is 2. The van der Waals surface area contributed by atoms with Crippen molar-refractivity contribution in [2.24, 2.45) is 0 Å². The van der Waals surface area contributed by atoms with Gasteiger partial charge in [0.25, 0.3) is 0 Å². The average molecular weight is 426 g/mol. The van der Waals surface area contributed by atoms with E-state index in [4.69, 9.17) is 0 Å². The van der Waals surface area contributed by atoms with Crippen molar-refractivity contribution >= 4 is 55.0 Å². The molecular formula is C16H14Br2N2O2. The van der Waals surface area contributed by atoms with Gasteiger partial charge in [-0.15, -0.1) is 0 Å². The largest absolute Gasteiger partial charge is 0.318 e. The standard InChI is InChI=1S/C16H14Br2N2O2/c1-9-3-6-14(13(18)7-9)20-16(22)15(21)19-11-4-5-12(17)10(2)8-11/h3-8H,1-2H3,(H,19,21)(H,20,22). The van der Waals surface area contributed by atoms with Crippen molar-refractivity contribution < 1.29 is 9.59 Å². The Morgan fingerprint density at radius 2 is 1.55 bits per heavy atom. The number of carbonyl (C=O) groups is 2. The lowest BCUT2D eigenvalue weighted by molar-refractivity contribution is -0.133. The zero-order valence-electron chi connectivity index (χ0n) is 12.0. The van der Waals surface area contributed by atoms with Crippen molar-refractivity contribution in [2.45, 2.75) is 13.8 Å². The third-order valence-electron chi connectivity index (χ3n) is 2.99. The topological polar surface area (TPSA) is 58.2 Å². The van der Waals surface area contributed by atoms with Gasteiger partial charge in [0, 0.05) is 14.6 Å². The van der Waals surface area contributed by atoms with Gasteiger partial charge in [0.1, 0.15) is 0 Å². The zero-order chi connectivity index (χ0) is 16.3. The summed E-state index contributed by atoms with van der Waals surface area (Å²) in [5.74, 6) is -1.43. The molecule has 0 unspecified atom stereocenters. The molecule has 2 rings (SSSR count). The fourth-order valence-corrected chi connectivity index (χ4v) is 2.65. The summed E-state index contributed by atoms with van der Waals surface area (Å²) < 4.78 is 1.67. The second-order valence-corrected chi connectivity index (χ2v) is 6.56. The predicted molar refractivity (Wildman–Crippen MR) is 95.0 cm³/mol. The molecule has 2 aromatic rings. The van der Waals surface area contributed by atoms with Crippen molar-refractivity contribution in [3.63, 3.8) is 0 Å². The Balaban J connectivity index is 2.05. The average Bonchev–Trinajstić information content (AvgIpc) is 2.45. The third kappa shape index (κ3) is 4.18. The minimum Gasteiger partial charge on any atom is -0.318 e. The van der Waals surface area contributed by atoms with Crippen LogP contribution in [-0.4, -0.2) is 11.8 Å². The van der Waals surface area contributed by atoms with Crippen LogP contribution in [0, 0.1) is 13.8 Å². The number of hydrogen-bond donors (Lipinski definition) is 2. The molecule has 4 nitrogen and oxygen atoms in total. The predicted octanol–water partition coefficient (Wildman–Crippen LogP) is 4.41. The first kappa shape index (κ1) is 16.7. The lowest BCUT2D eigenvalue weighted by Gasteiger charge is -2.09. The molecule has 0 radical (unpaired) electrons. The van der Waals surface area contributed by atoms with Gasteiger partial charge in [0.15, 0.2) is 0 Å². The van der Waals surface area contributed by atoms with Gasteiger partial charge in [0.2, 0.25) is 0 Å². The molecule has 0 atom stereocenters. The van der Waals surface area contributed by atoms with Gasteiger partial charge in [-0.05, 0) is 71.2 Å². The van der Waals surface area contributed by atoms with Gasteiger partial charge in [-0.25, -0.2) is 0 Å². The Bertz CT molecular complexity index is 745. The second kappa shape index (κ2) is 7.07. The van der Waals surface area contributed by atoms with Crippen molar-refractivity contribution in [3.8, 4) is 0 Å². The smallest absolute Gasteiger partial charge is 0.314 e. The maximum atomic E-state index is 12.0. The normalized spacial score (nSPS) is 10.2. The van der Waals surface area contributed by atoms with Gasteiger partial charge < -0.3 is 10.6 Å². The third-order valence-corrected chi connectivity index (χ3v) is 4.54. The lowest BCUT2D eigenvalue weighted by Crippen LogP contribution is -2.29. The molecule has 0 aliphatic heterocycles. The molecule has 0 heterocycles. The summed E-state index contributed by atoms with van der Waals surface area (Å²) in [6, 6.07) is 10.8. The summed E-state index contributed by atoms with van der Waals surface area (Å²) in [7, 11) is 0. The molecule has 22 heavy (non-hydrogen) atoms. The molecule has 2 N–H and O–H groups in total. The first-order valence-corrected chi connectivity index (χ1v) is 8.10. The molecule has 0 saturated heterocycles. The summed E-state index contributed by atoms with van der Waals surface area (Å²) in [6.45, 7) is 3.85. The molecular weight excluding hydrogens is 412 g/mol. The molecule has 114 valence electrons. The maximum absolute atomic E-state index is 12.0. The fourth-order valence-electron chi connectivity index (χ4n) is 1.81. The Kier molecular flexibility index (Phi) is 5.37. The van der Waals surface area contributed by atoms with E-state index in [1.54, 1.807) is 18.2 Å². The highest BCUT2D eigenvalue weighted by molar-refractivity contribution is 9.10. The number of hydrogen-bond acceptors (Lipinski definition) is 2. The number of halogens is 2. The first-order valence-electron chi connectivity index (χ1n) is 6.51. The highest BCUT2D eigenvalue weighted by Crippen LogP contribution is 2.23. The number of carbonyl (C=O) groups excluding carboxylic acids is 2. The molecule has 0 bridgehead atoms. The summed E-state index contributed by atoms with van der Waals surface area (Å²) in [6.07, 6.45) is 0. The van der Waals surface area contributed by atoms with E-state index in [1.165, 1.54) is 0 Å². The molecule has 0 aromatic heterocycles. The summed E-state index contributed by atoms with van der Waals surface area (Å²) in [5, 5.41) is 5.15. The van der Waals surface area contributed by atoms with Crippen molar-refractivity contribution in [1.82, 2.24) is 0 Å². The number of benzene rings is 2. The number of nitrogens with one attached hydrogen (secondary N) is 2. The van der Waals surface area contributed by atoms with E-state index in [9.17, 15) is 9.59 Å². The van der Waals surface area contributed by atoms with Crippen molar-refractivity contribution in [1.29, 1.82) is 0 Å². The van der Waals surface area contributed by atoms with E-state index in [1.807, 2.05) is 32.0 Å². The van der Waals surface area contributed by atoms with E-state index < -0.39 is 11.8 Å². The van der Waals surface area contributed by atoms with Crippen LogP contribution in [0.15, 0.2) is 45.3 Å². The molecule has 0 aliphatic carbocycles. The van der Waals surface area contributed by atoms with Crippen molar-refractivity contribution in [3.05, 3.63) is 56.5 Å². The van der Waals surface area contributed by atoms with Crippen LogP contribution in [0.25, 0.3) is 0 Å². The Labute approximate surface area is 145 Å². The van der Waals surface area contributed by atoms with Gasteiger partial charge in [0.05, 0.1) is 5.69 Å². The monoisotopic (exact) mass is 424 g/mol. The molecule has 6 heteroatoms. The van der Waals surface area contributed by atoms with Crippen LogP contribution in [0.5, 0.6) is 0 Å². The molecule has 0 spiro atoms. The Morgan fingerprint density at radius 1 is 0.864 bits per heavy atom. The summed E-state index contributed by atoms with van der Waals surface area (Å²) in [5.41, 5.74) is 3.15. The van der Waals surface area contributed by atoms with Crippen molar-refractivity contribution in [2.75, 3.05) is 10.6 Å². The van der Waals surface area contributed by atoms with Crippen LogP contribution in [-0.2, 0) is 9.59 Å². The van der Waals surface area contributed by atoms with Crippen LogP contribution in [0.4, 0.5) is 11.4 Å². The molecule has 0 saturated carbocycles. The second-order valence-electron chi connectivity index (χ2n) is 4.86. The van der Waals surface area contributed by atoms with Crippen LogP contribution >= 0.6 is 31.9 Å². The van der Waals surface area contributed by atoms with Crippen LogP contribution in [0.1, 0.15) is 11.1 Å². The van der Waals surface area contributed by atoms with E-state index in [0.29, 0.717) is 11.4 Å². The fraction of sp³-hybridized carbons (Fsp3) is 0.125. The quantitative estimate of drug-likeness (QED) is 0.700. The lowest BCUT2D eigenvalue weighted by atomic mass is 10.2. The van der Waals surface area contributed by atoms with E-state index in [2.05, 4.69) is 42.5 Å². The zero-order valence-corrected chi connectivity index (χ0v) is 15.2. The molecule has 2 amide bonds. The minimum absolute atomic E-state index is 0.553. The molecule has 0 aliphatic rings. The Hall–Kier alpha value is -1.66. The highest BCUT2D eigenvalue weighted by Gasteiger charge is 2.15. The summed E-state index contributed by atoms with van der Waals surface area (Å²) in [4.78, 5) is 23.9. The minimum atomic E-state index is -0.717. The molecule has 0 fully saturated rings. The van der Waals surface area contributed by atoms with Gasteiger partial charge in [-0.2, -0.15) is 0 Å². The van der Waals surface area contributed by atoms with Crippen LogP contribution in [0.3, 0.4) is 0 Å². The van der Waals surface area contributed by atoms with Crippen LogP contribution < -0.4 is 10.6 Å². The number of aryl methyl sites for hydroxylation is 2. The van der Waals surface area contributed by atoms with E-state index in [0.717, 1.165) is 20.1 Å². The molecule has 2 aromatic carbocycles. The maximum Gasteiger partial charge on any atom is 0.314 e. The summed E-state index contributed by atoms with van der Waals surface area (Å²) >= 11 is 6.74. The SMILES string of the molecule is Cc1ccc(NC(=O)C(=O)Nc2ccc(Br)c(C)c2)c(Br)c1. The number of anilines is 2. The van der Waals surface area contributed by atoms with Gasteiger partial charge in [-0.1, -0.05) is 22.0 Å². The van der Waals surface area contributed by atoms with E-state index in [-0.39, 0.29) is 0 Å². The van der Waals surface area contributed by atoms with Gasteiger partial charge in [-0.3, -0.25) is 9.59 Å². The Morgan fingerprint density at radius 3 is 2.18 bits per heavy atom. The van der Waals surface area contributed by atoms with Crippen LogP contribution in [0.2, 0.25) is 0 Å². The number of amides is 2. The highest BCUT2D eigenvalue weighted by atomic mass is 79.9.